The smallest absolute Gasteiger partial charge is 0.214 e. The van der Waals surface area contributed by atoms with Gasteiger partial charge in [-0.3, -0.25) is 4.79 Å². The predicted octanol–water partition coefficient (Wildman–Crippen LogP) is 2.08. The molecule has 4 heteroatoms. The lowest BCUT2D eigenvalue weighted by molar-refractivity contribution is -0.107. The van der Waals surface area contributed by atoms with E-state index >= 15 is 0 Å². The fourth-order valence-corrected chi connectivity index (χ4v) is 2.10. The molecule has 0 aromatic heterocycles. The van der Waals surface area contributed by atoms with Crippen molar-refractivity contribution in [1.29, 1.82) is 0 Å². The molecule has 0 fully saturated rings. The van der Waals surface area contributed by atoms with Crippen molar-refractivity contribution in [2.24, 2.45) is 0 Å². The monoisotopic (exact) mass is 249 g/mol. The third-order valence-electron chi connectivity index (χ3n) is 3.16. The van der Waals surface area contributed by atoms with Gasteiger partial charge in [0.25, 0.3) is 0 Å². The summed E-state index contributed by atoms with van der Waals surface area (Å²) in [5.41, 5.74) is 1.92. The molecule has 0 spiro atoms. The Morgan fingerprint density at radius 3 is 2.61 bits per heavy atom. The Morgan fingerprint density at radius 1 is 1.33 bits per heavy atom. The summed E-state index contributed by atoms with van der Waals surface area (Å²) < 4.78 is 0. The minimum atomic E-state index is 0.226. The lowest BCUT2D eigenvalue weighted by Crippen LogP contribution is -2.36. The van der Waals surface area contributed by atoms with Gasteiger partial charge in [0.2, 0.25) is 6.41 Å². The van der Waals surface area contributed by atoms with Crippen LogP contribution in [0.25, 0.3) is 0 Å². The Morgan fingerprint density at radius 2 is 2.06 bits per heavy atom. The van der Waals surface area contributed by atoms with Crippen molar-refractivity contribution in [3.05, 3.63) is 24.3 Å². The summed E-state index contributed by atoms with van der Waals surface area (Å²) in [4.78, 5) is 13.2. The lowest BCUT2D eigenvalue weighted by Gasteiger charge is -2.29. The number of hydrogen-bond donors (Lipinski definition) is 2. The number of anilines is 2. The van der Waals surface area contributed by atoms with Crippen molar-refractivity contribution in [1.82, 2.24) is 5.32 Å². The van der Waals surface area contributed by atoms with E-state index in [2.05, 4.69) is 17.6 Å². The van der Waals surface area contributed by atoms with E-state index < -0.39 is 0 Å². The molecule has 0 saturated carbocycles. The first kappa shape index (κ1) is 14.5. The van der Waals surface area contributed by atoms with Crippen LogP contribution in [-0.4, -0.2) is 33.1 Å². The number of rotatable bonds is 8. The number of carbonyl (C=O) groups excluding carboxylic acids is 1. The Bertz CT molecular complexity index is 368. The summed E-state index contributed by atoms with van der Waals surface area (Å²) in [5, 5.41) is 6.26. The maximum atomic E-state index is 11.4. The Hall–Kier alpha value is -1.55. The molecule has 1 amide bonds. The quantitative estimate of drug-likeness (QED) is 0.693. The highest BCUT2D eigenvalue weighted by Gasteiger charge is 2.18. The van der Waals surface area contributed by atoms with E-state index in [4.69, 9.17) is 0 Å². The van der Waals surface area contributed by atoms with Crippen molar-refractivity contribution >= 4 is 17.8 Å². The summed E-state index contributed by atoms with van der Waals surface area (Å²) in [6.07, 6.45) is 2.82. The van der Waals surface area contributed by atoms with Crippen molar-refractivity contribution < 1.29 is 4.79 Å². The molecule has 1 unspecified atom stereocenters. The van der Waals surface area contributed by atoms with Gasteiger partial charge in [0.1, 0.15) is 0 Å². The summed E-state index contributed by atoms with van der Waals surface area (Å²) in [6, 6.07) is 8.10. The molecule has 1 rings (SSSR count). The van der Waals surface area contributed by atoms with Gasteiger partial charge < -0.3 is 15.5 Å². The van der Waals surface area contributed by atoms with E-state index in [1.807, 2.05) is 43.3 Å². The van der Waals surface area contributed by atoms with Gasteiger partial charge in [0, 0.05) is 13.1 Å². The molecule has 0 aliphatic rings. The number of nitrogens with one attached hydrogen (secondary N) is 2. The Balaban J connectivity index is 2.95. The molecule has 4 nitrogen and oxygen atoms in total. The minimum absolute atomic E-state index is 0.226. The van der Waals surface area contributed by atoms with E-state index in [9.17, 15) is 4.79 Å². The first-order chi connectivity index (χ1) is 8.78. The van der Waals surface area contributed by atoms with Crippen molar-refractivity contribution in [3.63, 3.8) is 0 Å². The minimum Gasteiger partial charge on any atom is -0.386 e. The van der Waals surface area contributed by atoms with Crippen LogP contribution < -0.4 is 15.5 Å². The number of para-hydroxylation sites is 2. The Labute approximate surface area is 109 Å². The van der Waals surface area contributed by atoms with Gasteiger partial charge >= 0.3 is 0 Å². The highest BCUT2D eigenvalue weighted by Crippen LogP contribution is 2.27. The molecular weight excluding hydrogens is 226 g/mol. The number of benzene rings is 1. The van der Waals surface area contributed by atoms with E-state index in [-0.39, 0.29) is 6.04 Å². The van der Waals surface area contributed by atoms with Crippen LogP contribution in [0.5, 0.6) is 0 Å². The van der Waals surface area contributed by atoms with Crippen LogP contribution >= 0.6 is 0 Å². The molecule has 1 atom stereocenters. The number of hydrogen-bond acceptors (Lipinski definition) is 3. The van der Waals surface area contributed by atoms with Gasteiger partial charge in [-0.2, -0.15) is 0 Å². The fraction of sp³-hybridized carbons (Fsp3) is 0.500. The van der Waals surface area contributed by atoms with E-state index in [1.165, 1.54) is 0 Å². The molecule has 0 radical (unpaired) electrons. The van der Waals surface area contributed by atoms with Gasteiger partial charge in [0.15, 0.2) is 0 Å². The van der Waals surface area contributed by atoms with Gasteiger partial charge in [-0.15, -0.1) is 0 Å². The fourth-order valence-electron chi connectivity index (χ4n) is 2.10. The van der Waals surface area contributed by atoms with Gasteiger partial charge in [-0.05, 0) is 38.6 Å². The molecule has 18 heavy (non-hydrogen) atoms. The van der Waals surface area contributed by atoms with E-state index in [1.54, 1.807) is 0 Å². The summed E-state index contributed by atoms with van der Waals surface area (Å²) in [7, 11) is 3.80. The largest absolute Gasteiger partial charge is 0.386 e. The van der Waals surface area contributed by atoms with Gasteiger partial charge in [0.05, 0.1) is 11.4 Å². The molecule has 0 aliphatic heterocycles. The summed E-state index contributed by atoms with van der Waals surface area (Å²) in [5.74, 6) is 0. The highest BCUT2D eigenvalue weighted by molar-refractivity contribution is 5.84. The van der Waals surface area contributed by atoms with Gasteiger partial charge in [-0.25, -0.2) is 0 Å². The summed E-state index contributed by atoms with van der Waals surface area (Å²) >= 11 is 0. The number of amides is 1. The van der Waals surface area contributed by atoms with Crippen LogP contribution in [0.3, 0.4) is 0 Å². The van der Waals surface area contributed by atoms with Crippen molar-refractivity contribution in [2.45, 2.75) is 25.8 Å². The second kappa shape index (κ2) is 7.71. The topological polar surface area (TPSA) is 44.4 Å². The SMILES string of the molecule is CCC(CCNC)N(C=O)c1ccccc1NC. The standard InChI is InChI=1S/C14H23N3O/c1-4-12(9-10-15-2)17(11-18)14-8-6-5-7-13(14)16-3/h5-8,11-12,15-16H,4,9-10H2,1-3H3. The van der Waals surface area contributed by atoms with Crippen molar-refractivity contribution in [2.75, 3.05) is 30.9 Å². The normalized spacial score (nSPS) is 11.9. The molecule has 0 aliphatic carbocycles. The molecule has 2 N–H and O–H groups in total. The zero-order valence-electron chi connectivity index (χ0n) is 11.4. The van der Waals surface area contributed by atoms with Crippen LogP contribution in [0.4, 0.5) is 11.4 Å². The number of nitrogens with zero attached hydrogens (tertiary/aromatic N) is 1. The number of carbonyl (C=O) groups is 1. The Kier molecular flexibility index (Phi) is 6.22. The predicted molar refractivity (Wildman–Crippen MR) is 77.2 cm³/mol. The van der Waals surface area contributed by atoms with Crippen LogP contribution in [0.15, 0.2) is 24.3 Å². The molecule has 0 bridgehead atoms. The first-order valence-corrected chi connectivity index (χ1v) is 6.43. The van der Waals surface area contributed by atoms with E-state index in [0.29, 0.717) is 0 Å². The van der Waals surface area contributed by atoms with Gasteiger partial charge in [-0.1, -0.05) is 19.1 Å². The van der Waals surface area contributed by atoms with E-state index in [0.717, 1.165) is 37.2 Å². The first-order valence-electron chi connectivity index (χ1n) is 6.43. The average Bonchev–Trinajstić information content (AvgIpc) is 2.43. The van der Waals surface area contributed by atoms with Crippen LogP contribution in [0.1, 0.15) is 19.8 Å². The molecule has 100 valence electrons. The lowest BCUT2D eigenvalue weighted by atomic mass is 10.1. The third kappa shape index (κ3) is 3.47. The highest BCUT2D eigenvalue weighted by atomic mass is 16.1. The van der Waals surface area contributed by atoms with Crippen LogP contribution in [0.2, 0.25) is 0 Å². The second-order valence-electron chi connectivity index (χ2n) is 4.23. The maximum absolute atomic E-state index is 11.4. The zero-order valence-corrected chi connectivity index (χ0v) is 11.4. The molecule has 0 heterocycles. The van der Waals surface area contributed by atoms with Crippen molar-refractivity contribution in [3.8, 4) is 0 Å². The molecule has 1 aromatic carbocycles. The molecule has 0 saturated heterocycles. The molecular formula is C14H23N3O. The maximum Gasteiger partial charge on any atom is 0.214 e. The summed E-state index contributed by atoms with van der Waals surface area (Å²) in [6.45, 7) is 3.02. The average molecular weight is 249 g/mol. The van der Waals surface area contributed by atoms with Crippen LogP contribution in [-0.2, 0) is 4.79 Å². The molecule has 1 aromatic rings. The third-order valence-corrected chi connectivity index (χ3v) is 3.16. The zero-order chi connectivity index (χ0) is 13.4. The second-order valence-corrected chi connectivity index (χ2v) is 4.23. The van der Waals surface area contributed by atoms with Crippen LogP contribution in [0, 0.1) is 0 Å².